The van der Waals surface area contributed by atoms with Crippen molar-refractivity contribution in [3.63, 3.8) is 0 Å². The molecule has 3 aromatic rings. The van der Waals surface area contributed by atoms with E-state index < -0.39 is 0 Å². The summed E-state index contributed by atoms with van der Waals surface area (Å²) in [6, 6.07) is 12.9. The first-order valence-electron chi connectivity index (χ1n) is 9.58. The lowest BCUT2D eigenvalue weighted by Gasteiger charge is -2.15. The molecule has 1 fully saturated rings. The third-order valence-electron chi connectivity index (χ3n) is 4.67. The molecule has 0 radical (unpaired) electrons. The molecule has 1 saturated heterocycles. The second-order valence-electron chi connectivity index (χ2n) is 6.91. The molecular formula is C22H20FN3O4. The number of carbonyl (C=O) groups excluding carboxylic acids is 2. The Morgan fingerprint density at radius 2 is 2.07 bits per heavy atom. The summed E-state index contributed by atoms with van der Waals surface area (Å²) in [5, 5.41) is 2.78. The van der Waals surface area contributed by atoms with Gasteiger partial charge in [-0.25, -0.2) is 9.37 Å². The topological polar surface area (TPSA) is 84.7 Å². The molecular weight excluding hydrogens is 389 g/mol. The van der Waals surface area contributed by atoms with Crippen LogP contribution in [0.5, 0.6) is 5.75 Å². The summed E-state index contributed by atoms with van der Waals surface area (Å²) >= 11 is 0. The van der Waals surface area contributed by atoms with Gasteiger partial charge < -0.3 is 19.4 Å². The van der Waals surface area contributed by atoms with E-state index in [1.54, 1.807) is 47.5 Å². The van der Waals surface area contributed by atoms with Crippen LogP contribution in [0.4, 0.5) is 10.1 Å². The van der Waals surface area contributed by atoms with Gasteiger partial charge in [0.25, 0.3) is 0 Å². The van der Waals surface area contributed by atoms with Gasteiger partial charge in [-0.3, -0.25) is 9.59 Å². The summed E-state index contributed by atoms with van der Waals surface area (Å²) in [5.74, 6) is 0.863. The van der Waals surface area contributed by atoms with E-state index in [-0.39, 0.29) is 30.8 Å². The van der Waals surface area contributed by atoms with Gasteiger partial charge in [0.05, 0.1) is 12.7 Å². The highest BCUT2D eigenvalue weighted by Gasteiger charge is 2.22. The number of ether oxygens (including phenoxy) is 1. The second kappa shape index (κ2) is 8.77. The third-order valence-corrected chi connectivity index (χ3v) is 4.67. The number of carbonyl (C=O) groups is 2. The highest BCUT2D eigenvalue weighted by Crippen LogP contribution is 2.23. The zero-order valence-corrected chi connectivity index (χ0v) is 16.1. The Labute approximate surface area is 172 Å². The summed E-state index contributed by atoms with van der Waals surface area (Å²) < 4.78 is 24.4. The van der Waals surface area contributed by atoms with Crippen LogP contribution in [0.3, 0.4) is 0 Å². The summed E-state index contributed by atoms with van der Waals surface area (Å²) in [6.45, 7) is 0.763. The number of benzene rings is 2. The van der Waals surface area contributed by atoms with Crippen LogP contribution in [0.15, 0.2) is 59.1 Å². The minimum Gasteiger partial charge on any atom is -0.484 e. The molecule has 7 nitrogen and oxygen atoms in total. The Balaban J connectivity index is 1.33. The van der Waals surface area contributed by atoms with E-state index in [1.165, 1.54) is 12.1 Å². The van der Waals surface area contributed by atoms with Crippen molar-refractivity contribution in [2.45, 2.75) is 19.4 Å². The van der Waals surface area contributed by atoms with E-state index in [0.717, 1.165) is 12.0 Å². The molecule has 0 aliphatic carbocycles. The molecule has 0 atom stereocenters. The number of nitrogens with one attached hydrogen (secondary N) is 1. The normalized spacial score (nSPS) is 13.5. The number of likely N-dealkylation sites (tertiary alicyclic amines) is 1. The van der Waals surface area contributed by atoms with Crippen LogP contribution in [0.2, 0.25) is 0 Å². The maximum absolute atomic E-state index is 13.0. The molecule has 2 heterocycles. The SMILES string of the molecule is O=C(CN1CCCC1=O)Nc1cccc(OCc2ncc(-c3ccc(F)cc3)o2)c1. The smallest absolute Gasteiger partial charge is 0.243 e. The van der Waals surface area contributed by atoms with Crippen LogP contribution < -0.4 is 10.1 Å². The fraction of sp³-hybridized carbons (Fsp3) is 0.227. The van der Waals surface area contributed by atoms with Gasteiger partial charge in [-0.15, -0.1) is 0 Å². The van der Waals surface area contributed by atoms with Crippen molar-refractivity contribution in [1.29, 1.82) is 0 Å². The van der Waals surface area contributed by atoms with Crippen LogP contribution in [-0.2, 0) is 16.2 Å². The maximum atomic E-state index is 13.0. The van der Waals surface area contributed by atoms with Gasteiger partial charge in [0, 0.05) is 30.3 Å². The molecule has 1 N–H and O–H groups in total. The number of aromatic nitrogens is 1. The monoisotopic (exact) mass is 409 g/mol. The fourth-order valence-electron chi connectivity index (χ4n) is 3.18. The van der Waals surface area contributed by atoms with E-state index in [2.05, 4.69) is 10.3 Å². The van der Waals surface area contributed by atoms with E-state index in [9.17, 15) is 14.0 Å². The average Bonchev–Trinajstić information content (AvgIpc) is 3.37. The van der Waals surface area contributed by atoms with E-state index in [1.807, 2.05) is 0 Å². The van der Waals surface area contributed by atoms with E-state index >= 15 is 0 Å². The van der Waals surface area contributed by atoms with Crippen LogP contribution in [-0.4, -0.2) is 34.8 Å². The number of halogens is 1. The molecule has 2 aromatic carbocycles. The maximum Gasteiger partial charge on any atom is 0.243 e. The molecule has 1 aromatic heterocycles. The molecule has 0 spiro atoms. The van der Waals surface area contributed by atoms with Crippen molar-refractivity contribution in [3.8, 4) is 17.1 Å². The van der Waals surface area contributed by atoms with Crippen molar-refractivity contribution < 1.29 is 23.1 Å². The van der Waals surface area contributed by atoms with Gasteiger partial charge in [-0.2, -0.15) is 0 Å². The quantitative estimate of drug-likeness (QED) is 0.644. The van der Waals surface area contributed by atoms with Gasteiger partial charge in [0.1, 0.15) is 11.6 Å². The van der Waals surface area contributed by atoms with Crippen LogP contribution >= 0.6 is 0 Å². The fourth-order valence-corrected chi connectivity index (χ4v) is 3.18. The predicted molar refractivity (Wildman–Crippen MR) is 107 cm³/mol. The van der Waals surface area contributed by atoms with Gasteiger partial charge in [-0.1, -0.05) is 6.07 Å². The van der Waals surface area contributed by atoms with Crippen molar-refractivity contribution in [2.24, 2.45) is 0 Å². The number of nitrogens with zero attached hydrogens (tertiary/aromatic N) is 2. The minimum atomic E-state index is -0.319. The molecule has 0 bridgehead atoms. The lowest BCUT2D eigenvalue weighted by atomic mass is 10.2. The first kappa shape index (κ1) is 19.6. The zero-order chi connectivity index (χ0) is 20.9. The Bertz CT molecular complexity index is 1050. The highest BCUT2D eigenvalue weighted by atomic mass is 19.1. The summed E-state index contributed by atoms with van der Waals surface area (Å²) in [6.07, 6.45) is 2.85. The minimum absolute atomic E-state index is 0.00758. The Morgan fingerprint density at radius 3 is 2.83 bits per heavy atom. The van der Waals surface area contributed by atoms with E-state index in [4.69, 9.17) is 9.15 Å². The lowest BCUT2D eigenvalue weighted by molar-refractivity contribution is -0.131. The summed E-state index contributed by atoms with van der Waals surface area (Å²) in [7, 11) is 0. The third kappa shape index (κ3) is 4.83. The zero-order valence-electron chi connectivity index (χ0n) is 16.1. The largest absolute Gasteiger partial charge is 0.484 e. The first-order valence-corrected chi connectivity index (χ1v) is 9.58. The standard InChI is InChI=1S/C22H20FN3O4/c23-16-8-6-15(7-9-16)19-12-24-21(30-19)14-29-18-4-1-3-17(11-18)25-20(27)13-26-10-2-5-22(26)28/h1,3-4,6-9,11-12H,2,5,10,13-14H2,(H,25,27). The molecule has 0 saturated carbocycles. The number of amides is 2. The Morgan fingerprint density at radius 1 is 1.23 bits per heavy atom. The van der Waals surface area contributed by atoms with Crippen molar-refractivity contribution >= 4 is 17.5 Å². The molecule has 154 valence electrons. The Hall–Kier alpha value is -3.68. The average molecular weight is 409 g/mol. The Kier molecular flexibility index (Phi) is 5.74. The van der Waals surface area contributed by atoms with Crippen LogP contribution in [0, 0.1) is 5.82 Å². The molecule has 4 rings (SSSR count). The highest BCUT2D eigenvalue weighted by molar-refractivity contribution is 5.95. The van der Waals surface area contributed by atoms with Gasteiger partial charge in [0.15, 0.2) is 12.4 Å². The molecule has 8 heteroatoms. The summed E-state index contributed by atoms with van der Waals surface area (Å²) in [5.41, 5.74) is 1.29. The van der Waals surface area contributed by atoms with Crippen LogP contribution in [0.1, 0.15) is 18.7 Å². The molecule has 1 aliphatic heterocycles. The number of anilines is 1. The van der Waals surface area contributed by atoms with E-state index in [0.29, 0.717) is 36.1 Å². The molecule has 2 amide bonds. The van der Waals surface area contributed by atoms with Crippen LogP contribution in [0.25, 0.3) is 11.3 Å². The molecule has 30 heavy (non-hydrogen) atoms. The van der Waals surface area contributed by atoms with Gasteiger partial charge in [0.2, 0.25) is 17.7 Å². The van der Waals surface area contributed by atoms with Crippen molar-refractivity contribution in [1.82, 2.24) is 9.88 Å². The number of rotatable bonds is 7. The van der Waals surface area contributed by atoms with Gasteiger partial charge in [-0.05, 0) is 42.8 Å². The number of hydrogen-bond acceptors (Lipinski definition) is 5. The van der Waals surface area contributed by atoms with Gasteiger partial charge >= 0.3 is 0 Å². The lowest BCUT2D eigenvalue weighted by Crippen LogP contribution is -2.33. The predicted octanol–water partition coefficient (Wildman–Crippen LogP) is 3.62. The van der Waals surface area contributed by atoms with Crippen molar-refractivity contribution in [2.75, 3.05) is 18.4 Å². The summed E-state index contributed by atoms with van der Waals surface area (Å²) in [4.78, 5) is 29.5. The number of oxazole rings is 1. The molecule has 0 unspecified atom stereocenters. The molecule has 1 aliphatic rings. The van der Waals surface area contributed by atoms with Crippen molar-refractivity contribution in [3.05, 3.63) is 66.4 Å². The second-order valence-corrected chi connectivity index (χ2v) is 6.91. The first-order chi connectivity index (χ1) is 14.6. The number of hydrogen-bond donors (Lipinski definition) is 1.